The van der Waals surface area contributed by atoms with Gasteiger partial charge >= 0.3 is 0 Å². The Hall–Kier alpha value is -2.76. The third-order valence-electron chi connectivity index (χ3n) is 3.12. The molecule has 0 saturated carbocycles. The van der Waals surface area contributed by atoms with Crippen LogP contribution in [-0.2, 0) is 0 Å². The van der Waals surface area contributed by atoms with Crippen molar-refractivity contribution < 1.29 is 4.79 Å². The molecule has 106 valence electrons. The molecule has 2 aromatic heterocycles. The van der Waals surface area contributed by atoms with E-state index in [1.165, 1.54) is 0 Å². The Morgan fingerprint density at radius 2 is 2.05 bits per heavy atom. The largest absolute Gasteiger partial charge is 0.352 e. The Labute approximate surface area is 121 Å². The standard InChI is InChI=1S/C15H15N5O/c1-2-9-17-15(21)11-5-7-12(8-6-11)20-14-13(18-19-20)4-3-10-16-14/h3-8,10H,2,9H2,1H3,(H,17,21). The van der Waals surface area contributed by atoms with Crippen LogP contribution in [0.15, 0.2) is 42.6 Å². The van der Waals surface area contributed by atoms with Crippen molar-refractivity contribution in [2.24, 2.45) is 0 Å². The van der Waals surface area contributed by atoms with Crippen LogP contribution in [0.5, 0.6) is 0 Å². The summed E-state index contributed by atoms with van der Waals surface area (Å²) in [4.78, 5) is 16.1. The highest BCUT2D eigenvalue weighted by atomic mass is 16.1. The number of nitrogens with one attached hydrogen (secondary N) is 1. The molecule has 6 heteroatoms. The summed E-state index contributed by atoms with van der Waals surface area (Å²) in [6.45, 7) is 2.70. The lowest BCUT2D eigenvalue weighted by Gasteiger charge is -2.05. The van der Waals surface area contributed by atoms with Crippen molar-refractivity contribution in [1.82, 2.24) is 25.3 Å². The van der Waals surface area contributed by atoms with E-state index in [1.807, 2.05) is 31.2 Å². The van der Waals surface area contributed by atoms with Gasteiger partial charge in [0.05, 0.1) is 5.69 Å². The molecule has 0 spiro atoms. The Kier molecular flexibility index (Phi) is 3.59. The van der Waals surface area contributed by atoms with Gasteiger partial charge in [-0.05, 0) is 42.8 Å². The molecule has 1 amide bonds. The highest BCUT2D eigenvalue weighted by molar-refractivity contribution is 5.94. The second kappa shape index (κ2) is 5.70. The zero-order valence-electron chi connectivity index (χ0n) is 11.7. The number of nitrogens with zero attached hydrogens (tertiary/aromatic N) is 4. The van der Waals surface area contributed by atoms with E-state index < -0.39 is 0 Å². The summed E-state index contributed by atoms with van der Waals surface area (Å²) < 4.78 is 1.66. The molecule has 0 unspecified atom stereocenters. The first kappa shape index (κ1) is 13.2. The molecule has 0 bridgehead atoms. The molecule has 0 fully saturated rings. The minimum Gasteiger partial charge on any atom is -0.352 e. The van der Waals surface area contributed by atoms with Gasteiger partial charge in [-0.25, -0.2) is 4.98 Å². The summed E-state index contributed by atoms with van der Waals surface area (Å²) in [5, 5.41) is 11.0. The van der Waals surface area contributed by atoms with Gasteiger partial charge in [0.15, 0.2) is 5.65 Å². The molecule has 1 N–H and O–H groups in total. The van der Waals surface area contributed by atoms with Gasteiger partial charge in [-0.3, -0.25) is 4.79 Å². The lowest BCUT2D eigenvalue weighted by molar-refractivity contribution is 0.0953. The van der Waals surface area contributed by atoms with Gasteiger partial charge in [0.2, 0.25) is 0 Å². The predicted octanol–water partition coefficient (Wildman–Crippen LogP) is 1.96. The van der Waals surface area contributed by atoms with Crippen molar-refractivity contribution >= 4 is 17.1 Å². The van der Waals surface area contributed by atoms with Crippen molar-refractivity contribution in [3.05, 3.63) is 48.2 Å². The number of hydrogen-bond donors (Lipinski definition) is 1. The third kappa shape index (κ3) is 2.60. The number of rotatable bonds is 4. The molecule has 0 aliphatic rings. The van der Waals surface area contributed by atoms with E-state index in [-0.39, 0.29) is 5.91 Å². The maximum absolute atomic E-state index is 11.9. The fourth-order valence-electron chi connectivity index (χ4n) is 2.03. The van der Waals surface area contributed by atoms with Crippen LogP contribution in [0.25, 0.3) is 16.9 Å². The summed E-state index contributed by atoms with van der Waals surface area (Å²) in [6.07, 6.45) is 2.62. The summed E-state index contributed by atoms with van der Waals surface area (Å²) in [6, 6.07) is 10.9. The second-order valence-electron chi connectivity index (χ2n) is 4.65. The Morgan fingerprint density at radius 3 is 2.81 bits per heavy atom. The zero-order valence-corrected chi connectivity index (χ0v) is 11.7. The van der Waals surface area contributed by atoms with Crippen LogP contribution in [0.2, 0.25) is 0 Å². The monoisotopic (exact) mass is 281 g/mol. The SMILES string of the molecule is CCCNC(=O)c1ccc(-n2nnc3cccnc32)cc1. The van der Waals surface area contributed by atoms with Crippen molar-refractivity contribution in [2.45, 2.75) is 13.3 Å². The quantitative estimate of drug-likeness (QED) is 0.793. The molecule has 0 aliphatic carbocycles. The minimum atomic E-state index is -0.0648. The fourth-order valence-corrected chi connectivity index (χ4v) is 2.03. The maximum Gasteiger partial charge on any atom is 0.251 e. The van der Waals surface area contributed by atoms with Crippen LogP contribution >= 0.6 is 0 Å². The molecule has 3 rings (SSSR count). The van der Waals surface area contributed by atoms with Crippen LogP contribution in [0.3, 0.4) is 0 Å². The fraction of sp³-hybridized carbons (Fsp3) is 0.200. The summed E-state index contributed by atoms with van der Waals surface area (Å²) in [7, 11) is 0. The van der Waals surface area contributed by atoms with Crippen LogP contribution in [0.4, 0.5) is 0 Å². The molecule has 0 aliphatic heterocycles. The third-order valence-corrected chi connectivity index (χ3v) is 3.12. The number of benzene rings is 1. The van der Waals surface area contributed by atoms with Gasteiger partial charge in [0.25, 0.3) is 5.91 Å². The number of aromatic nitrogens is 4. The molecule has 3 aromatic rings. The van der Waals surface area contributed by atoms with Gasteiger partial charge < -0.3 is 5.32 Å². The number of amides is 1. The van der Waals surface area contributed by atoms with Crippen molar-refractivity contribution in [3.63, 3.8) is 0 Å². The van der Waals surface area contributed by atoms with Gasteiger partial charge in [-0.15, -0.1) is 5.10 Å². The molecule has 6 nitrogen and oxygen atoms in total. The zero-order chi connectivity index (χ0) is 14.7. The van der Waals surface area contributed by atoms with Crippen molar-refractivity contribution in [2.75, 3.05) is 6.54 Å². The lowest BCUT2D eigenvalue weighted by atomic mass is 10.2. The molecular formula is C15H15N5O. The summed E-state index contributed by atoms with van der Waals surface area (Å²) in [5.41, 5.74) is 2.88. The van der Waals surface area contributed by atoms with Crippen LogP contribution < -0.4 is 5.32 Å². The van der Waals surface area contributed by atoms with Crippen LogP contribution in [0, 0.1) is 0 Å². The summed E-state index contributed by atoms with van der Waals surface area (Å²) in [5.74, 6) is -0.0648. The number of carbonyl (C=O) groups is 1. The van der Waals surface area contributed by atoms with Crippen molar-refractivity contribution in [3.8, 4) is 5.69 Å². The van der Waals surface area contributed by atoms with Crippen LogP contribution in [-0.4, -0.2) is 32.4 Å². The Morgan fingerprint density at radius 1 is 1.24 bits per heavy atom. The average molecular weight is 281 g/mol. The van der Waals surface area contributed by atoms with E-state index in [0.29, 0.717) is 17.8 Å². The van der Waals surface area contributed by atoms with Gasteiger partial charge in [0.1, 0.15) is 5.52 Å². The van der Waals surface area contributed by atoms with Gasteiger partial charge in [-0.1, -0.05) is 12.1 Å². The van der Waals surface area contributed by atoms with Crippen molar-refractivity contribution in [1.29, 1.82) is 0 Å². The number of pyridine rings is 1. The molecule has 2 heterocycles. The van der Waals surface area contributed by atoms with E-state index in [4.69, 9.17) is 0 Å². The minimum absolute atomic E-state index is 0.0648. The highest BCUT2D eigenvalue weighted by Gasteiger charge is 2.08. The first-order valence-corrected chi connectivity index (χ1v) is 6.84. The molecule has 0 radical (unpaired) electrons. The molecular weight excluding hydrogens is 266 g/mol. The number of fused-ring (bicyclic) bond motifs is 1. The van der Waals surface area contributed by atoms with E-state index in [9.17, 15) is 4.79 Å². The lowest BCUT2D eigenvalue weighted by Crippen LogP contribution is -2.23. The topological polar surface area (TPSA) is 72.7 Å². The van der Waals surface area contributed by atoms with E-state index in [2.05, 4.69) is 20.6 Å². The van der Waals surface area contributed by atoms with Crippen LogP contribution in [0.1, 0.15) is 23.7 Å². The van der Waals surface area contributed by atoms with Gasteiger partial charge in [0, 0.05) is 18.3 Å². The predicted molar refractivity (Wildman–Crippen MR) is 79.3 cm³/mol. The maximum atomic E-state index is 11.9. The van der Waals surface area contributed by atoms with E-state index >= 15 is 0 Å². The highest BCUT2D eigenvalue weighted by Crippen LogP contribution is 2.14. The second-order valence-corrected chi connectivity index (χ2v) is 4.65. The molecule has 0 atom stereocenters. The van der Waals surface area contributed by atoms with E-state index in [1.54, 1.807) is 23.0 Å². The normalized spacial score (nSPS) is 10.7. The number of carbonyl (C=O) groups excluding carboxylic acids is 1. The average Bonchev–Trinajstić information content (AvgIpc) is 2.97. The van der Waals surface area contributed by atoms with Gasteiger partial charge in [-0.2, -0.15) is 4.68 Å². The molecule has 21 heavy (non-hydrogen) atoms. The number of hydrogen-bond acceptors (Lipinski definition) is 4. The first-order valence-electron chi connectivity index (χ1n) is 6.84. The Balaban J connectivity index is 1.89. The molecule has 1 aromatic carbocycles. The smallest absolute Gasteiger partial charge is 0.251 e. The Bertz CT molecular complexity index is 763. The summed E-state index contributed by atoms with van der Waals surface area (Å²) >= 11 is 0. The molecule has 0 saturated heterocycles. The van der Waals surface area contributed by atoms with E-state index in [0.717, 1.165) is 17.6 Å². The first-order chi connectivity index (χ1) is 10.3.